The number of halogens is 4. The highest BCUT2D eigenvalue weighted by Gasteiger charge is 2.17. The van der Waals surface area contributed by atoms with E-state index in [2.05, 4.69) is 4.72 Å². The number of rotatable bonds is 3. The van der Waals surface area contributed by atoms with E-state index in [0.717, 1.165) is 0 Å². The minimum absolute atomic E-state index is 0.0251. The molecule has 1 N–H and O–H groups in total. The summed E-state index contributed by atoms with van der Waals surface area (Å²) in [5.41, 5.74) is 0.185. The fourth-order valence-corrected chi connectivity index (χ4v) is 3.28. The summed E-state index contributed by atoms with van der Waals surface area (Å²) in [4.78, 5) is -0.0251. The summed E-state index contributed by atoms with van der Waals surface area (Å²) in [5, 5.41) is 1.01. The molecule has 0 amide bonds. The summed E-state index contributed by atoms with van der Waals surface area (Å²) < 4.78 is 26.8. The molecular formula is C12H7Cl4NO2S. The van der Waals surface area contributed by atoms with Crippen molar-refractivity contribution in [3.63, 3.8) is 0 Å². The standard InChI is InChI=1S/C12H7Cl4NO2S/c13-7-1-3-10(15)12(5-7)17-20(18,19)8-2-4-9(14)11(16)6-8/h1-6,17H. The Morgan fingerprint density at radius 1 is 0.800 bits per heavy atom. The molecule has 8 heteroatoms. The fraction of sp³-hybridized carbons (Fsp3) is 0. The maximum atomic E-state index is 12.2. The van der Waals surface area contributed by atoms with Crippen LogP contribution in [-0.2, 0) is 10.0 Å². The Labute approximate surface area is 136 Å². The van der Waals surface area contributed by atoms with Gasteiger partial charge in [0.25, 0.3) is 10.0 Å². The van der Waals surface area contributed by atoms with Crippen LogP contribution >= 0.6 is 46.4 Å². The molecule has 0 aromatic heterocycles. The quantitative estimate of drug-likeness (QED) is 0.816. The third-order valence-electron chi connectivity index (χ3n) is 2.37. The molecule has 0 fully saturated rings. The minimum atomic E-state index is -3.83. The van der Waals surface area contributed by atoms with E-state index in [-0.39, 0.29) is 25.7 Å². The average Bonchev–Trinajstić information content (AvgIpc) is 2.36. The first kappa shape index (κ1) is 15.7. The molecule has 0 aliphatic heterocycles. The van der Waals surface area contributed by atoms with Crippen molar-refractivity contribution in [2.24, 2.45) is 0 Å². The van der Waals surface area contributed by atoms with Crippen LogP contribution in [0.1, 0.15) is 0 Å². The Morgan fingerprint density at radius 2 is 1.45 bits per heavy atom. The van der Waals surface area contributed by atoms with Gasteiger partial charge >= 0.3 is 0 Å². The van der Waals surface area contributed by atoms with E-state index >= 15 is 0 Å². The lowest BCUT2D eigenvalue weighted by atomic mass is 10.3. The van der Waals surface area contributed by atoms with Crippen molar-refractivity contribution in [3.05, 3.63) is 56.5 Å². The third-order valence-corrected chi connectivity index (χ3v) is 5.04. The van der Waals surface area contributed by atoms with Crippen LogP contribution in [0.2, 0.25) is 20.1 Å². The molecular weight excluding hydrogens is 364 g/mol. The van der Waals surface area contributed by atoms with Gasteiger partial charge in [-0.05, 0) is 36.4 Å². The predicted octanol–water partition coefficient (Wildman–Crippen LogP) is 5.10. The summed E-state index contributed by atoms with van der Waals surface area (Å²) in [5.74, 6) is 0. The fourth-order valence-electron chi connectivity index (χ4n) is 1.42. The molecule has 0 saturated carbocycles. The van der Waals surface area contributed by atoms with Crippen LogP contribution in [0.15, 0.2) is 41.3 Å². The number of benzene rings is 2. The second-order valence-electron chi connectivity index (χ2n) is 3.81. The van der Waals surface area contributed by atoms with E-state index < -0.39 is 10.0 Å². The van der Waals surface area contributed by atoms with Gasteiger partial charge < -0.3 is 0 Å². The molecule has 106 valence electrons. The van der Waals surface area contributed by atoms with Crippen LogP contribution in [0, 0.1) is 0 Å². The van der Waals surface area contributed by atoms with E-state index in [4.69, 9.17) is 46.4 Å². The lowest BCUT2D eigenvalue weighted by Gasteiger charge is -2.10. The van der Waals surface area contributed by atoms with Crippen LogP contribution < -0.4 is 4.72 Å². The van der Waals surface area contributed by atoms with Gasteiger partial charge in [-0.3, -0.25) is 4.72 Å². The van der Waals surface area contributed by atoms with Crippen molar-refractivity contribution in [2.45, 2.75) is 4.90 Å². The Morgan fingerprint density at radius 3 is 2.10 bits per heavy atom. The van der Waals surface area contributed by atoms with Gasteiger partial charge in [-0.2, -0.15) is 0 Å². The van der Waals surface area contributed by atoms with Crippen LogP contribution in [0.5, 0.6) is 0 Å². The summed E-state index contributed by atoms with van der Waals surface area (Å²) in [6.07, 6.45) is 0. The smallest absolute Gasteiger partial charge is 0.261 e. The van der Waals surface area contributed by atoms with Gasteiger partial charge in [0.05, 0.1) is 25.7 Å². The van der Waals surface area contributed by atoms with Crippen LogP contribution in [0.25, 0.3) is 0 Å². The molecule has 2 aromatic carbocycles. The van der Waals surface area contributed by atoms with E-state index in [1.807, 2.05) is 0 Å². The molecule has 2 aromatic rings. The Bertz CT molecular complexity index is 762. The van der Waals surface area contributed by atoms with Gasteiger partial charge in [0.2, 0.25) is 0 Å². The first-order valence-corrected chi connectivity index (χ1v) is 8.22. The second-order valence-corrected chi connectivity index (χ2v) is 7.15. The van der Waals surface area contributed by atoms with Gasteiger partial charge in [0, 0.05) is 5.02 Å². The maximum absolute atomic E-state index is 12.2. The lowest BCUT2D eigenvalue weighted by Crippen LogP contribution is -2.13. The van der Waals surface area contributed by atoms with Crippen LogP contribution in [-0.4, -0.2) is 8.42 Å². The Hall–Kier alpha value is -0.650. The number of hydrogen-bond donors (Lipinski definition) is 1. The summed E-state index contributed by atoms with van der Waals surface area (Å²) in [6, 6.07) is 8.47. The van der Waals surface area contributed by atoms with Crippen molar-refractivity contribution < 1.29 is 8.42 Å². The lowest BCUT2D eigenvalue weighted by molar-refractivity contribution is 0.601. The molecule has 0 bridgehead atoms. The van der Waals surface area contributed by atoms with Crippen molar-refractivity contribution in [2.75, 3.05) is 4.72 Å². The largest absolute Gasteiger partial charge is 0.278 e. The van der Waals surface area contributed by atoms with E-state index in [1.54, 1.807) is 6.07 Å². The molecule has 0 unspecified atom stereocenters. The van der Waals surface area contributed by atoms with Gasteiger partial charge in [0.15, 0.2) is 0 Å². The molecule has 0 radical (unpaired) electrons. The molecule has 0 atom stereocenters. The zero-order valence-electron chi connectivity index (χ0n) is 9.70. The zero-order valence-corrected chi connectivity index (χ0v) is 13.5. The van der Waals surface area contributed by atoms with Crippen molar-refractivity contribution in [1.82, 2.24) is 0 Å². The maximum Gasteiger partial charge on any atom is 0.261 e. The Balaban J connectivity index is 2.40. The van der Waals surface area contributed by atoms with Crippen molar-refractivity contribution in [1.29, 1.82) is 0 Å². The number of nitrogens with one attached hydrogen (secondary N) is 1. The topological polar surface area (TPSA) is 46.2 Å². The van der Waals surface area contributed by atoms with Gasteiger partial charge in [-0.25, -0.2) is 8.42 Å². The van der Waals surface area contributed by atoms with E-state index in [0.29, 0.717) is 5.02 Å². The predicted molar refractivity (Wildman–Crippen MR) is 83.7 cm³/mol. The van der Waals surface area contributed by atoms with E-state index in [1.165, 1.54) is 30.3 Å². The average molecular weight is 371 g/mol. The van der Waals surface area contributed by atoms with Gasteiger partial charge in [-0.1, -0.05) is 46.4 Å². The number of hydrogen-bond acceptors (Lipinski definition) is 2. The third kappa shape index (κ3) is 3.51. The zero-order chi connectivity index (χ0) is 14.9. The normalized spacial score (nSPS) is 11.4. The first-order valence-electron chi connectivity index (χ1n) is 5.22. The first-order chi connectivity index (χ1) is 9.29. The monoisotopic (exact) mass is 369 g/mol. The molecule has 0 aliphatic carbocycles. The highest BCUT2D eigenvalue weighted by Crippen LogP contribution is 2.29. The highest BCUT2D eigenvalue weighted by molar-refractivity contribution is 7.92. The molecule has 20 heavy (non-hydrogen) atoms. The molecule has 0 saturated heterocycles. The number of anilines is 1. The summed E-state index contributed by atoms with van der Waals surface area (Å²) >= 11 is 23.3. The van der Waals surface area contributed by atoms with Gasteiger partial charge in [-0.15, -0.1) is 0 Å². The molecule has 0 heterocycles. The summed E-state index contributed by atoms with van der Waals surface area (Å²) in [7, 11) is -3.83. The SMILES string of the molecule is O=S(=O)(Nc1cc(Cl)ccc1Cl)c1ccc(Cl)c(Cl)c1. The van der Waals surface area contributed by atoms with Crippen LogP contribution in [0.4, 0.5) is 5.69 Å². The molecule has 0 spiro atoms. The van der Waals surface area contributed by atoms with Crippen molar-refractivity contribution in [3.8, 4) is 0 Å². The molecule has 3 nitrogen and oxygen atoms in total. The molecule has 2 rings (SSSR count). The highest BCUT2D eigenvalue weighted by atomic mass is 35.5. The van der Waals surface area contributed by atoms with Crippen molar-refractivity contribution >= 4 is 62.1 Å². The summed E-state index contributed by atoms with van der Waals surface area (Å²) in [6.45, 7) is 0. The Kier molecular flexibility index (Phi) is 4.72. The second kappa shape index (κ2) is 6.00. The number of sulfonamides is 1. The minimum Gasteiger partial charge on any atom is -0.278 e. The molecule has 0 aliphatic rings. The van der Waals surface area contributed by atoms with Gasteiger partial charge in [0.1, 0.15) is 0 Å². The van der Waals surface area contributed by atoms with Crippen LogP contribution in [0.3, 0.4) is 0 Å². The van der Waals surface area contributed by atoms with E-state index in [9.17, 15) is 8.42 Å².